The van der Waals surface area contributed by atoms with Gasteiger partial charge in [-0.15, -0.1) is 0 Å². The van der Waals surface area contributed by atoms with E-state index in [1.165, 1.54) is 0 Å². The van der Waals surface area contributed by atoms with Gasteiger partial charge in [0.1, 0.15) is 5.54 Å². The maximum atomic E-state index is 12.1. The number of carbonyl (C=O) groups excluding carboxylic acids is 1. The molecule has 2 rings (SSSR count). The van der Waals surface area contributed by atoms with Crippen LogP contribution in [0.4, 0.5) is 0 Å². The summed E-state index contributed by atoms with van der Waals surface area (Å²) in [5.41, 5.74) is -0.431. The quantitative estimate of drug-likeness (QED) is 0.692. The van der Waals surface area contributed by atoms with Gasteiger partial charge < -0.3 is 10.2 Å². The molecular weight excluding hydrogens is 216 g/mol. The fourth-order valence-corrected chi connectivity index (χ4v) is 2.53. The number of nitrogens with one attached hydrogen (secondary N) is 2. The van der Waals surface area contributed by atoms with E-state index >= 15 is 0 Å². The standard InChI is InChI=1S/C12H22N4O/c1-8(2)13-11-14-10(17)12(15-11)5-6-16(4)9(3)7-12/h8-9H,5-7H2,1-4H3,(H2,13,14,15,17). The molecule has 96 valence electrons. The molecule has 1 spiro atoms. The summed E-state index contributed by atoms with van der Waals surface area (Å²) >= 11 is 0. The molecule has 0 bridgehead atoms. The molecule has 0 aliphatic carbocycles. The van der Waals surface area contributed by atoms with Crippen molar-refractivity contribution in [3.63, 3.8) is 0 Å². The lowest BCUT2D eigenvalue weighted by Crippen LogP contribution is -2.57. The molecule has 0 radical (unpaired) electrons. The van der Waals surface area contributed by atoms with Crippen molar-refractivity contribution in [1.82, 2.24) is 15.5 Å². The van der Waals surface area contributed by atoms with Gasteiger partial charge in [0, 0.05) is 18.6 Å². The fourth-order valence-electron chi connectivity index (χ4n) is 2.53. The van der Waals surface area contributed by atoms with Crippen LogP contribution in [-0.2, 0) is 4.79 Å². The topological polar surface area (TPSA) is 56.7 Å². The molecule has 2 fully saturated rings. The highest BCUT2D eigenvalue weighted by atomic mass is 16.2. The second kappa shape index (κ2) is 4.29. The van der Waals surface area contributed by atoms with Crippen LogP contribution in [0.25, 0.3) is 0 Å². The van der Waals surface area contributed by atoms with E-state index in [9.17, 15) is 4.79 Å². The van der Waals surface area contributed by atoms with E-state index in [0.29, 0.717) is 12.0 Å². The minimum absolute atomic E-state index is 0.0804. The van der Waals surface area contributed by atoms with Crippen molar-refractivity contribution in [2.24, 2.45) is 4.99 Å². The number of piperidine rings is 1. The van der Waals surface area contributed by atoms with Gasteiger partial charge in [0.2, 0.25) is 0 Å². The summed E-state index contributed by atoms with van der Waals surface area (Å²) in [7, 11) is 2.10. The van der Waals surface area contributed by atoms with Crippen LogP contribution >= 0.6 is 0 Å². The molecule has 1 amide bonds. The third-order valence-corrected chi connectivity index (χ3v) is 3.70. The molecule has 0 aromatic rings. The van der Waals surface area contributed by atoms with Gasteiger partial charge in [-0.3, -0.25) is 15.1 Å². The first kappa shape index (κ1) is 12.4. The van der Waals surface area contributed by atoms with Gasteiger partial charge in [-0.25, -0.2) is 0 Å². The molecule has 5 heteroatoms. The second-order valence-corrected chi connectivity index (χ2v) is 5.52. The number of aliphatic imine (C=N–C) groups is 1. The first-order chi connectivity index (χ1) is 7.93. The minimum Gasteiger partial charge on any atom is -0.341 e. The lowest BCUT2D eigenvalue weighted by molar-refractivity contribution is -0.126. The van der Waals surface area contributed by atoms with E-state index in [1.54, 1.807) is 0 Å². The molecule has 2 atom stereocenters. The summed E-state index contributed by atoms with van der Waals surface area (Å²) in [6.07, 6.45) is 1.68. The van der Waals surface area contributed by atoms with E-state index in [1.807, 2.05) is 13.8 Å². The van der Waals surface area contributed by atoms with Gasteiger partial charge in [0.25, 0.3) is 5.91 Å². The number of hydrogen-bond donors (Lipinski definition) is 2. The van der Waals surface area contributed by atoms with E-state index in [-0.39, 0.29) is 11.9 Å². The Hall–Kier alpha value is -1.10. The molecule has 2 N–H and O–H groups in total. The molecule has 5 nitrogen and oxygen atoms in total. The Balaban J connectivity index is 2.14. The molecule has 2 aliphatic heterocycles. The maximum absolute atomic E-state index is 12.1. The number of likely N-dealkylation sites (tertiary alicyclic amines) is 1. The Morgan fingerprint density at radius 1 is 1.53 bits per heavy atom. The smallest absolute Gasteiger partial charge is 0.252 e. The zero-order chi connectivity index (χ0) is 12.6. The summed E-state index contributed by atoms with van der Waals surface area (Å²) in [6.45, 7) is 7.11. The molecule has 2 heterocycles. The Morgan fingerprint density at radius 2 is 2.24 bits per heavy atom. The van der Waals surface area contributed by atoms with Gasteiger partial charge in [0.05, 0.1) is 0 Å². The van der Waals surface area contributed by atoms with Crippen LogP contribution in [0.3, 0.4) is 0 Å². The molecule has 17 heavy (non-hydrogen) atoms. The molecule has 0 aromatic carbocycles. The minimum atomic E-state index is -0.431. The van der Waals surface area contributed by atoms with Crippen molar-refractivity contribution in [3.8, 4) is 0 Å². The first-order valence-corrected chi connectivity index (χ1v) is 6.30. The number of amides is 1. The predicted octanol–water partition coefficient (Wildman–Crippen LogP) is 0.323. The third-order valence-electron chi connectivity index (χ3n) is 3.70. The zero-order valence-corrected chi connectivity index (χ0v) is 11.1. The Kier molecular flexibility index (Phi) is 3.12. The van der Waals surface area contributed by atoms with Gasteiger partial charge in [-0.05, 0) is 40.7 Å². The summed E-state index contributed by atoms with van der Waals surface area (Å²) in [5, 5.41) is 6.16. The lowest BCUT2D eigenvalue weighted by atomic mass is 9.84. The number of guanidine groups is 1. The van der Waals surface area contributed by atoms with Crippen LogP contribution in [0, 0.1) is 0 Å². The van der Waals surface area contributed by atoms with Crippen LogP contribution in [0.2, 0.25) is 0 Å². The number of nitrogens with zero attached hydrogens (tertiary/aromatic N) is 2. The van der Waals surface area contributed by atoms with Crippen molar-refractivity contribution >= 4 is 11.9 Å². The summed E-state index contributed by atoms with van der Waals surface area (Å²) < 4.78 is 0. The van der Waals surface area contributed by atoms with Gasteiger partial charge >= 0.3 is 0 Å². The number of rotatable bonds is 1. The Bertz CT molecular complexity index is 352. The number of hydrogen-bond acceptors (Lipinski definition) is 3. The van der Waals surface area contributed by atoms with Gasteiger partial charge in [-0.1, -0.05) is 0 Å². The summed E-state index contributed by atoms with van der Waals surface area (Å²) in [4.78, 5) is 18.8. The van der Waals surface area contributed by atoms with Crippen LogP contribution < -0.4 is 10.6 Å². The Morgan fingerprint density at radius 3 is 2.82 bits per heavy atom. The molecule has 2 aliphatic rings. The SMILES string of the molecule is CC(C)N=C1NC(=O)C2(CCN(C)C(C)C2)N1. The van der Waals surface area contributed by atoms with E-state index in [4.69, 9.17) is 0 Å². The largest absolute Gasteiger partial charge is 0.341 e. The van der Waals surface area contributed by atoms with Crippen LogP contribution in [0.1, 0.15) is 33.6 Å². The van der Waals surface area contributed by atoms with Crippen molar-refractivity contribution in [3.05, 3.63) is 0 Å². The van der Waals surface area contributed by atoms with E-state index in [0.717, 1.165) is 19.4 Å². The predicted molar refractivity (Wildman–Crippen MR) is 67.9 cm³/mol. The van der Waals surface area contributed by atoms with Crippen LogP contribution in [-0.4, -0.2) is 48.0 Å². The molecule has 2 saturated heterocycles. The third kappa shape index (κ3) is 2.29. The van der Waals surface area contributed by atoms with Crippen LogP contribution in [0.5, 0.6) is 0 Å². The zero-order valence-electron chi connectivity index (χ0n) is 11.1. The molecule has 0 aromatic heterocycles. The van der Waals surface area contributed by atoms with Crippen molar-refractivity contribution in [2.75, 3.05) is 13.6 Å². The summed E-state index contributed by atoms with van der Waals surface area (Å²) in [5.74, 6) is 0.721. The molecule has 0 saturated carbocycles. The Labute approximate surface area is 103 Å². The summed E-state index contributed by atoms with van der Waals surface area (Å²) in [6, 6.07) is 0.608. The van der Waals surface area contributed by atoms with E-state index in [2.05, 4.69) is 34.5 Å². The number of carbonyl (C=O) groups is 1. The van der Waals surface area contributed by atoms with Gasteiger partial charge in [0.15, 0.2) is 5.96 Å². The van der Waals surface area contributed by atoms with Crippen LogP contribution in [0.15, 0.2) is 4.99 Å². The first-order valence-electron chi connectivity index (χ1n) is 6.30. The average molecular weight is 238 g/mol. The average Bonchev–Trinajstić information content (AvgIpc) is 2.49. The second-order valence-electron chi connectivity index (χ2n) is 5.52. The van der Waals surface area contributed by atoms with Crippen molar-refractivity contribution < 1.29 is 4.79 Å². The van der Waals surface area contributed by atoms with Crippen molar-refractivity contribution in [1.29, 1.82) is 0 Å². The lowest BCUT2D eigenvalue weighted by Gasteiger charge is -2.40. The highest BCUT2D eigenvalue weighted by molar-refractivity contribution is 6.09. The molecular formula is C12H22N4O. The highest BCUT2D eigenvalue weighted by Gasteiger charge is 2.48. The van der Waals surface area contributed by atoms with E-state index < -0.39 is 5.54 Å². The maximum Gasteiger partial charge on any atom is 0.252 e. The molecule has 2 unspecified atom stereocenters. The fraction of sp³-hybridized carbons (Fsp3) is 0.833. The van der Waals surface area contributed by atoms with Gasteiger partial charge in [-0.2, -0.15) is 0 Å². The highest BCUT2D eigenvalue weighted by Crippen LogP contribution is 2.28. The van der Waals surface area contributed by atoms with Crippen molar-refractivity contribution in [2.45, 2.75) is 51.2 Å². The normalized spacial score (nSPS) is 36.6. The monoisotopic (exact) mass is 238 g/mol.